The summed E-state index contributed by atoms with van der Waals surface area (Å²) >= 11 is 0. The van der Waals surface area contributed by atoms with Crippen LogP contribution in [0.15, 0.2) is 29.2 Å². The Kier molecular flexibility index (Phi) is 3.56. The van der Waals surface area contributed by atoms with Gasteiger partial charge in [-0.05, 0) is 18.2 Å². The highest BCUT2D eigenvalue weighted by Crippen LogP contribution is 2.30. The molecule has 0 aromatic heterocycles. The number of rotatable bonds is 2. The van der Waals surface area contributed by atoms with E-state index in [1.54, 1.807) is 0 Å². The van der Waals surface area contributed by atoms with Gasteiger partial charge in [0, 0.05) is 25.9 Å². The summed E-state index contributed by atoms with van der Waals surface area (Å²) in [6.45, 7) is -0.405. The quantitative estimate of drug-likeness (QED) is 0.835. The van der Waals surface area contributed by atoms with E-state index in [9.17, 15) is 17.2 Å². The predicted molar refractivity (Wildman–Crippen MR) is 64.1 cm³/mol. The summed E-state index contributed by atoms with van der Waals surface area (Å²) in [5.74, 6) is -2.79. The van der Waals surface area contributed by atoms with E-state index in [1.807, 2.05) is 6.07 Å². The molecular weight excluding hydrogens is 274 g/mol. The third kappa shape index (κ3) is 2.91. The Labute approximate surface area is 110 Å². The molecule has 0 N–H and O–H groups in total. The van der Waals surface area contributed by atoms with Crippen LogP contribution in [0.3, 0.4) is 0 Å². The van der Waals surface area contributed by atoms with Crippen LogP contribution in [0.5, 0.6) is 0 Å². The highest BCUT2D eigenvalue weighted by atomic mass is 32.2. The van der Waals surface area contributed by atoms with Crippen molar-refractivity contribution in [2.75, 3.05) is 13.1 Å². The van der Waals surface area contributed by atoms with Gasteiger partial charge in [0.05, 0.1) is 16.5 Å². The van der Waals surface area contributed by atoms with E-state index in [-0.39, 0.29) is 23.5 Å². The molecule has 7 heteroatoms. The summed E-state index contributed by atoms with van der Waals surface area (Å²) in [5.41, 5.74) is 0.225. The molecule has 0 radical (unpaired) electrons. The van der Waals surface area contributed by atoms with Gasteiger partial charge in [-0.15, -0.1) is 0 Å². The number of halogens is 2. The molecule has 1 heterocycles. The van der Waals surface area contributed by atoms with Crippen LogP contribution in [0.25, 0.3) is 0 Å². The molecule has 0 spiro atoms. The fourth-order valence-electron chi connectivity index (χ4n) is 1.93. The van der Waals surface area contributed by atoms with Crippen molar-refractivity contribution < 1.29 is 17.2 Å². The predicted octanol–water partition coefficient (Wildman–Crippen LogP) is 1.98. The Hall–Kier alpha value is -1.52. The number of nitriles is 1. The van der Waals surface area contributed by atoms with Crippen molar-refractivity contribution in [2.45, 2.75) is 23.7 Å². The molecule has 4 nitrogen and oxygen atoms in total. The normalized spacial score (nSPS) is 19.8. The van der Waals surface area contributed by atoms with Crippen LogP contribution in [0.1, 0.15) is 18.4 Å². The number of nitrogens with zero attached hydrogens (tertiary/aromatic N) is 2. The third-order valence-corrected chi connectivity index (χ3v) is 4.95. The lowest BCUT2D eigenvalue weighted by Crippen LogP contribution is -2.42. The zero-order chi connectivity index (χ0) is 14.1. The molecule has 102 valence electrons. The molecule has 0 aliphatic carbocycles. The van der Waals surface area contributed by atoms with Crippen LogP contribution < -0.4 is 0 Å². The van der Waals surface area contributed by atoms with E-state index in [0.717, 1.165) is 4.31 Å². The lowest BCUT2D eigenvalue weighted by Gasteiger charge is -2.30. The second-order valence-corrected chi connectivity index (χ2v) is 6.34. The van der Waals surface area contributed by atoms with Gasteiger partial charge in [0.15, 0.2) is 0 Å². The first-order valence-electron chi connectivity index (χ1n) is 5.73. The second kappa shape index (κ2) is 4.87. The second-order valence-electron chi connectivity index (χ2n) is 4.40. The first kappa shape index (κ1) is 13.9. The van der Waals surface area contributed by atoms with E-state index in [1.165, 1.54) is 24.3 Å². The highest BCUT2D eigenvalue weighted by molar-refractivity contribution is 7.89. The molecule has 1 aliphatic rings. The summed E-state index contributed by atoms with van der Waals surface area (Å²) in [6.07, 6.45) is -0.936. The summed E-state index contributed by atoms with van der Waals surface area (Å²) < 4.78 is 51.6. The van der Waals surface area contributed by atoms with Crippen molar-refractivity contribution >= 4 is 10.0 Å². The molecule has 1 aromatic rings. The maximum atomic E-state index is 13.0. The minimum absolute atomic E-state index is 0.0308. The van der Waals surface area contributed by atoms with Gasteiger partial charge >= 0.3 is 0 Å². The Morgan fingerprint density at radius 1 is 1.26 bits per heavy atom. The van der Waals surface area contributed by atoms with Crippen molar-refractivity contribution in [1.82, 2.24) is 4.31 Å². The molecule has 1 aliphatic heterocycles. The van der Waals surface area contributed by atoms with Gasteiger partial charge in [-0.1, -0.05) is 6.07 Å². The van der Waals surface area contributed by atoms with Gasteiger partial charge < -0.3 is 0 Å². The summed E-state index contributed by atoms with van der Waals surface area (Å²) in [6, 6.07) is 7.42. The summed E-state index contributed by atoms with van der Waals surface area (Å²) in [5, 5.41) is 8.75. The van der Waals surface area contributed by atoms with E-state index < -0.39 is 28.8 Å². The largest absolute Gasteiger partial charge is 0.250 e. The van der Waals surface area contributed by atoms with Crippen LogP contribution in [0, 0.1) is 11.3 Å². The number of hydrogen-bond acceptors (Lipinski definition) is 3. The molecular formula is C12H12F2N2O2S. The van der Waals surface area contributed by atoms with Crippen LogP contribution >= 0.6 is 0 Å². The van der Waals surface area contributed by atoms with Gasteiger partial charge in [0.25, 0.3) is 5.92 Å². The monoisotopic (exact) mass is 286 g/mol. The molecule has 19 heavy (non-hydrogen) atoms. The van der Waals surface area contributed by atoms with Crippen LogP contribution in [-0.4, -0.2) is 31.7 Å². The Morgan fingerprint density at radius 2 is 1.89 bits per heavy atom. The zero-order valence-electron chi connectivity index (χ0n) is 10.0. The average molecular weight is 286 g/mol. The number of benzene rings is 1. The number of sulfonamides is 1. The molecule has 0 atom stereocenters. The van der Waals surface area contributed by atoms with Gasteiger partial charge in [-0.25, -0.2) is 17.2 Å². The van der Waals surface area contributed by atoms with Gasteiger partial charge in [0.2, 0.25) is 10.0 Å². The van der Waals surface area contributed by atoms with Crippen LogP contribution in [0.4, 0.5) is 8.78 Å². The number of alkyl halides is 2. The molecule has 1 fully saturated rings. The van der Waals surface area contributed by atoms with Crippen molar-refractivity contribution in [1.29, 1.82) is 5.26 Å². The Bertz CT molecular complexity index is 613. The molecule has 0 saturated carbocycles. The van der Waals surface area contributed by atoms with Gasteiger partial charge in [-0.3, -0.25) is 0 Å². The Balaban J connectivity index is 2.26. The minimum Gasteiger partial charge on any atom is -0.207 e. The lowest BCUT2D eigenvalue weighted by atomic mass is 10.1. The van der Waals surface area contributed by atoms with E-state index in [4.69, 9.17) is 5.26 Å². The first-order chi connectivity index (χ1) is 8.85. The first-order valence-corrected chi connectivity index (χ1v) is 7.17. The molecule has 1 saturated heterocycles. The fourth-order valence-corrected chi connectivity index (χ4v) is 3.42. The van der Waals surface area contributed by atoms with Crippen molar-refractivity contribution in [3.8, 4) is 6.07 Å². The topological polar surface area (TPSA) is 61.2 Å². The fraction of sp³-hybridized carbons (Fsp3) is 0.417. The van der Waals surface area contributed by atoms with Crippen LogP contribution in [0.2, 0.25) is 0 Å². The van der Waals surface area contributed by atoms with E-state index >= 15 is 0 Å². The molecule has 0 unspecified atom stereocenters. The maximum Gasteiger partial charge on any atom is 0.250 e. The maximum absolute atomic E-state index is 13.0. The molecule has 2 rings (SSSR count). The van der Waals surface area contributed by atoms with E-state index in [0.29, 0.717) is 0 Å². The van der Waals surface area contributed by atoms with Gasteiger partial charge in [0.1, 0.15) is 0 Å². The summed E-state index contributed by atoms with van der Waals surface area (Å²) in [7, 11) is -3.80. The third-order valence-electron chi connectivity index (χ3n) is 3.05. The smallest absolute Gasteiger partial charge is 0.207 e. The van der Waals surface area contributed by atoms with Gasteiger partial charge in [-0.2, -0.15) is 9.57 Å². The Morgan fingerprint density at radius 3 is 2.47 bits per heavy atom. The molecule has 1 aromatic carbocycles. The van der Waals surface area contributed by atoms with Crippen LogP contribution in [-0.2, 0) is 10.0 Å². The van der Waals surface area contributed by atoms with Crippen molar-refractivity contribution in [3.05, 3.63) is 29.8 Å². The van der Waals surface area contributed by atoms with Crippen molar-refractivity contribution in [3.63, 3.8) is 0 Å². The molecule has 0 bridgehead atoms. The zero-order valence-corrected chi connectivity index (χ0v) is 10.8. The number of hydrogen-bond donors (Lipinski definition) is 0. The highest BCUT2D eigenvalue weighted by Gasteiger charge is 2.38. The molecule has 0 amide bonds. The van der Waals surface area contributed by atoms with Crippen molar-refractivity contribution in [2.24, 2.45) is 0 Å². The average Bonchev–Trinajstić information content (AvgIpc) is 2.38. The lowest BCUT2D eigenvalue weighted by molar-refractivity contribution is -0.0412. The minimum atomic E-state index is -3.80. The van der Waals surface area contributed by atoms with E-state index in [2.05, 4.69) is 0 Å². The standard InChI is InChI=1S/C12H12F2N2O2S/c13-12(14)4-6-16(7-5-12)19(17,18)11-3-1-2-10(8-11)9-15/h1-3,8H,4-7H2. The SMILES string of the molecule is N#Cc1cccc(S(=O)(=O)N2CCC(F)(F)CC2)c1. The summed E-state index contributed by atoms with van der Waals surface area (Å²) in [4.78, 5) is -0.0308. The number of piperidine rings is 1.